The molecule has 3 aromatic rings. The number of carbonyl (C=O) groups is 2. The van der Waals surface area contributed by atoms with E-state index in [4.69, 9.17) is 26.3 Å². The monoisotopic (exact) mass is 597 g/mol. The first-order valence-corrected chi connectivity index (χ1v) is 14.3. The normalized spacial score (nSPS) is 18.3. The molecule has 0 bridgehead atoms. The van der Waals surface area contributed by atoms with E-state index >= 15 is 0 Å². The average Bonchev–Trinajstić information content (AvgIpc) is 3.36. The number of nitrogens with zero attached hydrogens (tertiary/aromatic N) is 3. The van der Waals surface area contributed by atoms with Crippen molar-refractivity contribution in [3.8, 4) is 16.5 Å². The van der Waals surface area contributed by atoms with E-state index in [-0.39, 0.29) is 27.2 Å². The number of nitriles is 1. The molecule has 2 heterocycles. The van der Waals surface area contributed by atoms with Crippen molar-refractivity contribution in [1.82, 2.24) is 5.01 Å². The zero-order valence-electron chi connectivity index (χ0n) is 20.0. The van der Waals surface area contributed by atoms with Crippen molar-refractivity contribution in [2.45, 2.75) is 24.2 Å². The Kier molecular flexibility index (Phi) is 7.75. The van der Waals surface area contributed by atoms with E-state index in [1.54, 1.807) is 42.5 Å². The summed E-state index contributed by atoms with van der Waals surface area (Å²) in [6.45, 7) is 0.398. The van der Waals surface area contributed by atoms with Crippen LogP contribution < -0.4 is 9.47 Å². The van der Waals surface area contributed by atoms with Crippen LogP contribution in [0.4, 0.5) is 4.39 Å². The van der Waals surface area contributed by atoms with Crippen molar-refractivity contribution in [2.75, 3.05) is 6.61 Å². The first kappa shape index (κ1) is 25.9. The van der Waals surface area contributed by atoms with E-state index in [0.29, 0.717) is 51.7 Å². The molecule has 0 aliphatic carbocycles. The number of rotatable bonds is 7. The molecule has 1 amide bonds. The summed E-state index contributed by atoms with van der Waals surface area (Å²) in [5.74, 6) is -1.74. The number of carbonyl (C=O) groups excluding carboxylic acids is 2. The molecule has 0 saturated heterocycles. The Labute approximate surface area is 230 Å². The fourth-order valence-electron chi connectivity index (χ4n) is 4.44. The predicted molar refractivity (Wildman–Crippen MR) is 140 cm³/mol. The Morgan fingerprint density at radius 2 is 1.92 bits per heavy atom. The van der Waals surface area contributed by atoms with Gasteiger partial charge < -0.3 is 0 Å². The maximum atomic E-state index is 13.7. The SMILES string of the molecule is N#C[Se]CCOc1ccc2c(c1)OC(=O)C(C(=O)N1N=C(c3ccc(Cl)cc3)CC1c1ccc(F)cc1)C2. The molecule has 7 nitrogen and oxygen atoms in total. The zero-order chi connectivity index (χ0) is 26.6. The van der Waals surface area contributed by atoms with Gasteiger partial charge in [-0.15, -0.1) is 0 Å². The van der Waals surface area contributed by atoms with Gasteiger partial charge in [-0.2, -0.15) is 0 Å². The molecule has 0 radical (unpaired) electrons. The van der Waals surface area contributed by atoms with Crippen LogP contribution in [-0.2, 0) is 16.0 Å². The number of halogens is 2. The van der Waals surface area contributed by atoms with Crippen LogP contribution in [0, 0.1) is 22.0 Å². The summed E-state index contributed by atoms with van der Waals surface area (Å²) in [5.41, 5.74) is 2.87. The number of hydrogen-bond acceptors (Lipinski definition) is 6. The number of ether oxygens (including phenoxy) is 2. The summed E-state index contributed by atoms with van der Waals surface area (Å²) in [5, 5.41) is 15.8. The molecule has 38 heavy (non-hydrogen) atoms. The van der Waals surface area contributed by atoms with Gasteiger partial charge in [-0.1, -0.05) is 35.9 Å². The molecule has 0 spiro atoms. The van der Waals surface area contributed by atoms with E-state index in [1.165, 1.54) is 17.1 Å². The van der Waals surface area contributed by atoms with E-state index in [2.05, 4.69) is 10.1 Å². The molecule has 2 aliphatic rings. The molecule has 2 atom stereocenters. The van der Waals surface area contributed by atoms with Crippen molar-refractivity contribution in [3.63, 3.8) is 0 Å². The molecular formula is C28H21ClFN3O4Se. The Balaban J connectivity index is 1.39. The minimum absolute atomic E-state index is 0.133. The van der Waals surface area contributed by atoms with Gasteiger partial charge in [-0.25, -0.2) is 4.39 Å². The van der Waals surface area contributed by atoms with E-state index in [9.17, 15) is 14.0 Å². The van der Waals surface area contributed by atoms with E-state index in [0.717, 1.165) is 5.56 Å². The van der Waals surface area contributed by atoms with Gasteiger partial charge in [0, 0.05) is 11.4 Å². The molecule has 2 unspecified atom stereocenters. The topological polar surface area (TPSA) is 92.0 Å². The Morgan fingerprint density at radius 3 is 2.66 bits per heavy atom. The number of esters is 1. The first-order chi connectivity index (χ1) is 18.4. The third-order valence-electron chi connectivity index (χ3n) is 6.34. The van der Waals surface area contributed by atoms with Gasteiger partial charge in [-0.05, 0) is 35.4 Å². The zero-order valence-corrected chi connectivity index (χ0v) is 22.4. The second-order valence-electron chi connectivity index (χ2n) is 8.74. The fraction of sp³-hybridized carbons (Fsp3) is 0.214. The summed E-state index contributed by atoms with van der Waals surface area (Å²) in [6, 6.07) is 17.7. The molecule has 5 rings (SSSR count). The van der Waals surface area contributed by atoms with Crippen LogP contribution in [0.25, 0.3) is 0 Å². The maximum absolute atomic E-state index is 13.7. The summed E-state index contributed by atoms with van der Waals surface area (Å²) >= 11 is 5.90. The van der Waals surface area contributed by atoms with Crippen molar-refractivity contribution >= 4 is 44.1 Å². The molecule has 10 heteroatoms. The Morgan fingerprint density at radius 1 is 1.16 bits per heavy atom. The number of amides is 1. The van der Waals surface area contributed by atoms with Gasteiger partial charge in [0.1, 0.15) is 5.82 Å². The van der Waals surface area contributed by atoms with Crippen LogP contribution in [0.15, 0.2) is 71.8 Å². The van der Waals surface area contributed by atoms with Crippen molar-refractivity contribution in [3.05, 3.63) is 94.3 Å². The average molecular weight is 597 g/mol. The van der Waals surface area contributed by atoms with E-state index in [1.807, 2.05) is 12.1 Å². The molecule has 0 aromatic heterocycles. The van der Waals surface area contributed by atoms with Crippen molar-refractivity contribution in [1.29, 1.82) is 5.26 Å². The Bertz CT molecular complexity index is 1440. The predicted octanol–water partition coefficient (Wildman–Crippen LogP) is 4.92. The summed E-state index contributed by atoms with van der Waals surface area (Å²) in [6.07, 6.45) is 0.550. The van der Waals surface area contributed by atoms with Crippen LogP contribution in [0.5, 0.6) is 11.5 Å². The number of hydrazone groups is 1. The molecule has 3 aromatic carbocycles. The van der Waals surface area contributed by atoms with Crippen LogP contribution >= 0.6 is 11.6 Å². The van der Waals surface area contributed by atoms with Crippen LogP contribution in [0.1, 0.15) is 29.2 Å². The minimum atomic E-state index is -1.08. The van der Waals surface area contributed by atoms with E-state index < -0.39 is 23.8 Å². The van der Waals surface area contributed by atoms with Crippen LogP contribution in [-0.4, -0.2) is 44.2 Å². The third-order valence-corrected chi connectivity index (χ3v) is 7.64. The van der Waals surface area contributed by atoms with Gasteiger partial charge in [0.05, 0.1) is 5.71 Å². The third kappa shape index (κ3) is 5.58. The van der Waals surface area contributed by atoms with Crippen LogP contribution in [0.2, 0.25) is 10.3 Å². The summed E-state index contributed by atoms with van der Waals surface area (Å²) < 4.78 is 24.8. The molecule has 192 valence electrons. The van der Waals surface area contributed by atoms with Gasteiger partial charge >= 0.3 is 132 Å². The quantitative estimate of drug-likeness (QED) is 0.127. The number of fused-ring (bicyclic) bond motifs is 1. The molecule has 0 fully saturated rings. The second kappa shape index (κ2) is 11.4. The summed E-state index contributed by atoms with van der Waals surface area (Å²) in [7, 11) is 0. The van der Waals surface area contributed by atoms with Gasteiger partial charge in [0.15, 0.2) is 0 Å². The van der Waals surface area contributed by atoms with Crippen molar-refractivity contribution in [2.24, 2.45) is 11.0 Å². The van der Waals surface area contributed by atoms with Crippen LogP contribution in [0.3, 0.4) is 0 Å². The van der Waals surface area contributed by atoms with Gasteiger partial charge in [0.25, 0.3) is 0 Å². The number of benzene rings is 3. The Hall–Kier alpha value is -3.70. The molecular weight excluding hydrogens is 576 g/mol. The molecule has 0 saturated carbocycles. The number of hydrogen-bond donors (Lipinski definition) is 0. The summed E-state index contributed by atoms with van der Waals surface area (Å²) in [4.78, 5) is 28.9. The first-order valence-electron chi connectivity index (χ1n) is 11.8. The second-order valence-corrected chi connectivity index (χ2v) is 11.0. The molecule has 0 N–H and O–H groups in total. The van der Waals surface area contributed by atoms with Gasteiger partial charge in [-0.3, -0.25) is 0 Å². The fourth-order valence-corrected chi connectivity index (χ4v) is 5.11. The van der Waals surface area contributed by atoms with Gasteiger partial charge in [0.2, 0.25) is 0 Å². The van der Waals surface area contributed by atoms with Crippen molar-refractivity contribution < 1.29 is 23.5 Å². The standard InChI is InChI=1S/C28H21ClFN3O4Se/c29-20-6-1-17(2-7-20)24-15-25(18-3-8-21(30)9-4-18)33(32-24)27(34)23-13-19-5-10-22(36-11-12-38-16-31)14-26(19)37-28(23)35/h1-10,14,23,25H,11-13,15H2. The molecule has 2 aliphatic heterocycles.